The molecule has 1 aliphatic rings. The molecule has 0 bridgehead atoms. The molecule has 0 radical (unpaired) electrons. The molecule has 6 nitrogen and oxygen atoms in total. The summed E-state index contributed by atoms with van der Waals surface area (Å²) >= 11 is 0. The summed E-state index contributed by atoms with van der Waals surface area (Å²) < 4.78 is 1.96. The Morgan fingerprint density at radius 1 is 1.04 bits per heavy atom. The van der Waals surface area contributed by atoms with Crippen molar-refractivity contribution in [2.45, 2.75) is 6.92 Å². The number of carbonyl (C=O) groups is 1. The van der Waals surface area contributed by atoms with Crippen LogP contribution in [0.3, 0.4) is 0 Å². The lowest BCUT2D eigenvalue weighted by molar-refractivity contribution is 0.0740. The Morgan fingerprint density at radius 2 is 1.79 bits per heavy atom. The Kier molecular flexibility index (Phi) is 3.65. The van der Waals surface area contributed by atoms with Gasteiger partial charge < -0.3 is 14.2 Å². The van der Waals surface area contributed by atoms with Crippen molar-refractivity contribution in [3.05, 3.63) is 60.3 Å². The summed E-state index contributed by atoms with van der Waals surface area (Å²) in [6.07, 6.45) is 5.54. The molecule has 4 rings (SSSR count). The molecule has 6 heteroatoms. The Hall–Kier alpha value is -2.89. The number of carbonyl (C=O) groups excluding carboxylic acids is 1. The number of amides is 1. The molecule has 0 spiro atoms. The molecule has 122 valence electrons. The maximum atomic E-state index is 12.9. The molecule has 0 saturated carbocycles. The maximum Gasteiger partial charge on any atom is 0.274 e. The van der Waals surface area contributed by atoms with E-state index in [1.807, 2.05) is 52.8 Å². The Morgan fingerprint density at radius 3 is 2.50 bits per heavy atom. The quantitative estimate of drug-likeness (QED) is 0.724. The van der Waals surface area contributed by atoms with Crippen LogP contribution in [0, 0.1) is 6.92 Å². The van der Waals surface area contributed by atoms with Crippen molar-refractivity contribution in [3.63, 3.8) is 0 Å². The molecule has 1 saturated heterocycles. The Labute approximate surface area is 140 Å². The number of hydrogen-bond acceptors (Lipinski definition) is 4. The molecule has 24 heavy (non-hydrogen) atoms. The standard InChI is InChI=1S/C18H19N5O/c1-14-17(20-16-4-2-3-9-23(14)16)18(24)22-12-10-21(11-13-22)15-5-7-19-8-6-15/h2-9H,10-13H2,1H3. The summed E-state index contributed by atoms with van der Waals surface area (Å²) in [4.78, 5) is 25.6. The minimum Gasteiger partial charge on any atom is -0.368 e. The number of aromatic nitrogens is 3. The van der Waals surface area contributed by atoms with Gasteiger partial charge in [-0.3, -0.25) is 9.78 Å². The van der Waals surface area contributed by atoms with E-state index in [-0.39, 0.29) is 5.91 Å². The van der Waals surface area contributed by atoms with Gasteiger partial charge in [0.05, 0.1) is 5.69 Å². The fourth-order valence-electron chi connectivity index (χ4n) is 3.19. The number of nitrogens with zero attached hydrogens (tertiary/aromatic N) is 5. The highest BCUT2D eigenvalue weighted by Gasteiger charge is 2.25. The fourth-order valence-corrected chi connectivity index (χ4v) is 3.19. The minimum absolute atomic E-state index is 0.0191. The number of rotatable bonds is 2. The third-order valence-corrected chi connectivity index (χ3v) is 4.57. The topological polar surface area (TPSA) is 53.7 Å². The number of aryl methyl sites for hydroxylation is 1. The average Bonchev–Trinajstić information content (AvgIpc) is 2.99. The molecule has 0 unspecified atom stereocenters. The normalized spacial score (nSPS) is 15.0. The SMILES string of the molecule is Cc1c(C(=O)N2CCN(c3ccncc3)CC2)nc2ccccn12. The first kappa shape index (κ1) is 14.7. The predicted octanol–water partition coefficient (Wildman–Crippen LogP) is 2.00. The monoisotopic (exact) mass is 321 g/mol. The Balaban J connectivity index is 1.51. The second kappa shape index (κ2) is 5.96. The van der Waals surface area contributed by atoms with Gasteiger partial charge in [-0.15, -0.1) is 0 Å². The molecule has 1 aliphatic heterocycles. The molecule has 1 amide bonds. The highest BCUT2D eigenvalue weighted by atomic mass is 16.2. The van der Waals surface area contributed by atoms with Gasteiger partial charge in [0, 0.05) is 50.5 Å². The summed E-state index contributed by atoms with van der Waals surface area (Å²) in [6, 6.07) is 9.81. The number of fused-ring (bicyclic) bond motifs is 1. The lowest BCUT2D eigenvalue weighted by atomic mass is 10.2. The van der Waals surface area contributed by atoms with Crippen LogP contribution in [-0.4, -0.2) is 51.4 Å². The molecule has 3 aromatic heterocycles. The summed E-state index contributed by atoms with van der Waals surface area (Å²) in [7, 11) is 0. The zero-order chi connectivity index (χ0) is 16.5. The summed E-state index contributed by atoms with van der Waals surface area (Å²) in [5.74, 6) is 0.0191. The summed E-state index contributed by atoms with van der Waals surface area (Å²) in [6.45, 7) is 4.99. The highest BCUT2D eigenvalue weighted by molar-refractivity contribution is 5.94. The first-order valence-corrected chi connectivity index (χ1v) is 8.12. The molecule has 4 heterocycles. The van der Waals surface area contributed by atoms with Crippen LogP contribution < -0.4 is 4.90 Å². The number of pyridine rings is 2. The highest BCUT2D eigenvalue weighted by Crippen LogP contribution is 2.18. The van der Waals surface area contributed by atoms with Crippen LogP contribution >= 0.6 is 0 Å². The molecule has 0 N–H and O–H groups in total. The van der Waals surface area contributed by atoms with E-state index in [0.29, 0.717) is 18.8 Å². The van der Waals surface area contributed by atoms with E-state index >= 15 is 0 Å². The van der Waals surface area contributed by atoms with Gasteiger partial charge in [-0.2, -0.15) is 0 Å². The van der Waals surface area contributed by atoms with E-state index < -0.39 is 0 Å². The van der Waals surface area contributed by atoms with Gasteiger partial charge in [-0.1, -0.05) is 6.07 Å². The van der Waals surface area contributed by atoms with Crippen molar-refractivity contribution >= 4 is 17.2 Å². The second-order valence-corrected chi connectivity index (χ2v) is 5.96. The van der Waals surface area contributed by atoms with Crippen LogP contribution in [0.2, 0.25) is 0 Å². The first-order chi connectivity index (χ1) is 11.7. The van der Waals surface area contributed by atoms with Crippen LogP contribution in [0.25, 0.3) is 5.65 Å². The lowest BCUT2D eigenvalue weighted by Crippen LogP contribution is -2.49. The zero-order valence-corrected chi connectivity index (χ0v) is 13.6. The molecule has 3 aromatic rings. The summed E-state index contributed by atoms with van der Waals surface area (Å²) in [5, 5.41) is 0. The molecule has 0 aliphatic carbocycles. The van der Waals surface area contributed by atoms with Crippen LogP contribution in [0.5, 0.6) is 0 Å². The van der Waals surface area contributed by atoms with Gasteiger partial charge in [0.1, 0.15) is 11.3 Å². The average molecular weight is 321 g/mol. The maximum absolute atomic E-state index is 12.9. The predicted molar refractivity (Wildman–Crippen MR) is 92.3 cm³/mol. The first-order valence-electron chi connectivity index (χ1n) is 8.12. The van der Waals surface area contributed by atoms with Crippen molar-refractivity contribution in [1.29, 1.82) is 0 Å². The fraction of sp³-hybridized carbons (Fsp3) is 0.278. The number of piperazine rings is 1. The van der Waals surface area contributed by atoms with Gasteiger partial charge in [0.25, 0.3) is 5.91 Å². The third kappa shape index (κ3) is 2.50. The van der Waals surface area contributed by atoms with Gasteiger partial charge in [0.15, 0.2) is 0 Å². The third-order valence-electron chi connectivity index (χ3n) is 4.57. The van der Waals surface area contributed by atoms with Crippen molar-refractivity contribution in [3.8, 4) is 0 Å². The molecule has 0 aromatic carbocycles. The van der Waals surface area contributed by atoms with Gasteiger partial charge in [-0.25, -0.2) is 4.98 Å². The van der Waals surface area contributed by atoms with E-state index in [0.717, 1.165) is 30.1 Å². The van der Waals surface area contributed by atoms with Crippen molar-refractivity contribution < 1.29 is 4.79 Å². The van der Waals surface area contributed by atoms with E-state index in [1.165, 1.54) is 0 Å². The lowest BCUT2D eigenvalue weighted by Gasteiger charge is -2.35. The molecule has 1 fully saturated rings. The number of hydrogen-bond donors (Lipinski definition) is 0. The van der Waals surface area contributed by atoms with Crippen molar-refractivity contribution in [1.82, 2.24) is 19.3 Å². The molecule has 0 atom stereocenters. The van der Waals surface area contributed by atoms with Crippen LogP contribution in [0.15, 0.2) is 48.9 Å². The zero-order valence-electron chi connectivity index (χ0n) is 13.6. The second-order valence-electron chi connectivity index (χ2n) is 5.96. The van der Waals surface area contributed by atoms with Crippen molar-refractivity contribution in [2.24, 2.45) is 0 Å². The van der Waals surface area contributed by atoms with E-state index in [4.69, 9.17) is 0 Å². The molecular formula is C18H19N5O. The van der Waals surface area contributed by atoms with Crippen LogP contribution in [0.4, 0.5) is 5.69 Å². The van der Waals surface area contributed by atoms with Gasteiger partial charge in [-0.05, 0) is 31.2 Å². The number of anilines is 1. The summed E-state index contributed by atoms with van der Waals surface area (Å²) in [5.41, 5.74) is 3.42. The van der Waals surface area contributed by atoms with Gasteiger partial charge in [0.2, 0.25) is 0 Å². The minimum atomic E-state index is 0.0191. The Bertz CT molecular complexity index is 866. The largest absolute Gasteiger partial charge is 0.368 e. The smallest absolute Gasteiger partial charge is 0.274 e. The van der Waals surface area contributed by atoms with E-state index in [2.05, 4.69) is 14.9 Å². The van der Waals surface area contributed by atoms with Crippen LogP contribution in [-0.2, 0) is 0 Å². The van der Waals surface area contributed by atoms with Gasteiger partial charge >= 0.3 is 0 Å². The van der Waals surface area contributed by atoms with E-state index in [1.54, 1.807) is 12.4 Å². The number of imidazole rings is 1. The van der Waals surface area contributed by atoms with E-state index in [9.17, 15) is 4.79 Å². The van der Waals surface area contributed by atoms with Crippen molar-refractivity contribution in [2.75, 3.05) is 31.1 Å². The van der Waals surface area contributed by atoms with Crippen LogP contribution in [0.1, 0.15) is 16.2 Å². The molecular weight excluding hydrogens is 302 g/mol.